The molecule has 14 heavy (non-hydrogen) atoms. The smallest absolute Gasteiger partial charge is 0.172 e. The quantitative estimate of drug-likeness (QED) is 0.651. The summed E-state index contributed by atoms with van der Waals surface area (Å²) >= 11 is 0. The molecule has 2 aliphatic rings. The number of allylic oxidation sites excluding steroid dienone is 1. The van der Waals surface area contributed by atoms with Crippen molar-refractivity contribution in [2.45, 2.75) is 37.9 Å². The molecule has 0 atom stereocenters. The number of rotatable bonds is 1. The van der Waals surface area contributed by atoms with Crippen molar-refractivity contribution in [1.82, 2.24) is 0 Å². The molecule has 1 spiro atoms. The molecule has 1 N–H and O–H groups in total. The summed E-state index contributed by atoms with van der Waals surface area (Å²) in [7, 11) is 0. The van der Waals surface area contributed by atoms with Crippen LogP contribution in [0.2, 0.25) is 0 Å². The Bertz CT molecular complexity index is 217. The first-order valence-electron chi connectivity index (χ1n) is 5.41. The van der Waals surface area contributed by atoms with Crippen molar-refractivity contribution >= 4 is 0 Å². The fraction of sp³-hybridized carbons (Fsp3) is 0.818. The van der Waals surface area contributed by atoms with Crippen molar-refractivity contribution in [3.8, 4) is 0 Å². The first-order valence-corrected chi connectivity index (χ1v) is 5.41. The van der Waals surface area contributed by atoms with Gasteiger partial charge < -0.3 is 14.6 Å². The van der Waals surface area contributed by atoms with Crippen LogP contribution in [0.4, 0.5) is 0 Å². The van der Waals surface area contributed by atoms with Crippen LogP contribution in [0.25, 0.3) is 0 Å². The Morgan fingerprint density at radius 1 is 1.29 bits per heavy atom. The summed E-state index contributed by atoms with van der Waals surface area (Å²) in [6, 6.07) is 0. The van der Waals surface area contributed by atoms with Gasteiger partial charge in [0.1, 0.15) is 0 Å². The molecule has 0 aromatic carbocycles. The normalized spacial score (nSPS) is 30.8. The van der Waals surface area contributed by atoms with Crippen LogP contribution in [-0.2, 0) is 9.47 Å². The molecular formula is C11H18O3. The zero-order valence-corrected chi connectivity index (χ0v) is 8.50. The zero-order valence-electron chi connectivity index (χ0n) is 8.50. The highest BCUT2D eigenvalue weighted by Gasteiger charge is 2.36. The standard InChI is InChI=1S/C11H18O3/c12-9-10-4-2-1-3-5-11(8-10)13-6-7-14-11/h4,12H,1-3,5-9H2/b10-4+. The number of hydrogen-bond acceptors (Lipinski definition) is 3. The molecule has 0 bridgehead atoms. The van der Waals surface area contributed by atoms with Gasteiger partial charge >= 0.3 is 0 Å². The maximum Gasteiger partial charge on any atom is 0.172 e. The van der Waals surface area contributed by atoms with Crippen molar-refractivity contribution in [2.75, 3.05) is 19.8 Å². The van der Waals surface area contributed by atoms with Crippen LogP contribution in [0, 0.1) is 0 Å². The van der Waals surface area contributed by atoms with Crippen LogP contribution in [-0.4, -0.2) is 30.7 Å². The van der Waals surface area contributed by atoms with E-state index in [1.807, 2.05) is 0 Å². The molecule has 3 heteroatoms. The van der Waals surface area contributed by atoms with E-state index in [0.29, 0.717) is 13.2 Å². The van der Waals surface area contributed by atoms with E-state index in [4.69, 9.17) is 9.47 Å². The first kappa shape index (κ1) is 10.1. The van der Waals surface area contributed by atoms with Crippen molar-refractivity contribution in [3.05, 3.63) is 11.6 Å². The molecular weight excluding hydrogens is 180 g/mol. The molecule has 3 nitrogen and oxygen atoms in total. The van der Waals surface area contributed by atoms with E-state index in [1.54, 1.807) is 0 Å². The SMILES string of the molecule is OC/C1=C/CCCCC2(C1)OCCO2. The van der Waals surface area contributed by atoms with E-state index in [1.165, 1.54) is 0 Å². The molecule has 0 radical (unpaired) electrons. The molecule has 80 valence electrons. The molecule has 2 rings (SSSR count). The Balaban J connectivity index is 2.08. The van der Waals surface area contributed by atoms with Gasteiger partial charge in [-0.2, -0.15) is 0 Å². The Morgan fingerprint density at radius 2 is 2.07 bits per heavy atom. The van der Waals surface area contributed by atoms with Gasteiger partial charge in [0, 0.05) is 12.8 Å². The molecule has 0 aromatic heterocycles. The number of hydrogen-bond donors (Lipinski definition) is 1. The van der Waals surface area contributed by atoms with Crippen LogP contribution in [0.3, 0.4) is 0 Å². The lowest BCUT2D eigenvalue weighted by Gasteiger charge is -2.29. The lowest BCUT2D eigenvalue weighted by atomic mass is 9.95. The van der Waals surface area contributed by atoms with Crippen LogP contribution in [0.1, 0.15) is 32.1 Å². The fourth-order valence-electron chi connectivity index (χ4n) is 2.22. The maximum absolute atomic E-state index is 9.17. The first-order chi connectivity index (χ1) is 6.85. The van der Waals surface area contributed by atoms with E-state index >= 15 is 0 Å². The summed E-state index contributed by atoms with van der Waals surface area (Å²) in [4.78, 5) is 0. The van der Waals surface area contributed by atoms with Gasteiger partial charge in [0.15, 0.2) is 5.79 Å². The minimum Gasteiger partial charge on any atom is -0.392 e. The van der Waals surface area contributed by atoms with Gasteiger partial charge in [-0.25, -0.2) is 0 Å². The second-order valence-electron chi connectivity index (χ2n) is 4.05. The van der Waals surface area contributed by atoms with Gasteiger partial charge in [0.05, 0.1) is 19.8 Å². The molecule has 1 aliphatic heterocycles. The minimum atomic E-state index is -0.408. The third-order valence-corrected chi connectivity index (χ3v) is 2.96. The van der Waals surface area contributed by atoms with Gasteiger partial charge in [-0.1, -0.05) is 6.08 Å². The predicted octanol–water partition coefficient (Wildman–Crippen LogP) is 1.61. The molecule has 0 saturated carbocycles. The fourth-order valence-corrected chi connectivity index (χ4v) is 2.22. The predicted molar refractivity (Wildman–Crippen MR) is 52.9 cm³/mol. The Kier molecular flexibility index (Phi) is 3.21. The summed E-state index contributed by atoms with van der Waals surface area (Å²) in [5, 5.41) is 9.17. The molecule has 1 heterocycles. The average molecular weight is 198 g/mol. The number of aliphatic hydroxyl groups excluding tert-OH is 1. The minimum absolute atomic E-state index is 0.133. The summed E-state index contributed by atoms with van der Waals surface area (Å²) < 4.78 is 11.3. The molecule has 1 aliphatic carbocycles. The van der Waals surface area contributed by atoms with Gasteiger partial charge in [0.2, 0.25) is 0 Å². The van der Waals surface area contributed by atoms with Crippen LogP contribution < -0.4 is 0 Å². The van der Waals surface area contributed by atoms with Crippen molar-refractivity contribution in [2.24, 2.45) is 0 Å². The van der Waals surface area contributed by atoms with Crippen molar-refractivity contribution < 1.29 is 14.6 Å². The van der Waals surface area contributed by atoms with Gasteiger partial charge in [-0.15, -0.1) is 0 Å². The van der Waals surface area contributed by atoms with Crippen LogP contribution in [0.15, 0.2) is 11.6 Å². The van der Waals surface area contributed by atoms with Crippen molar-refractivity contribution in [1.29, 1.82) is 0 Å². The second kappa shape index (κ2) is 4.43. The monoisotopic (exact) mass is 198 g/mol. The van der Waals surface area contributed by atoms with Crippen molar-refractivity contribution in [3.63, 3.8) is 0 Å². The molecule has 1 fully saturated rings. The molecule has 1 saturated heterocycles. The van der Waals surface area contributed by atoms with E-state index in [0.717, 1.165) is 37.7 Å². The van der Waals surface area contributed by atoms with E-state index in [2.05, 4.69) is 6.08 Å². The van der Waals surface area contributed by atoms with E-state index < -0.39 is 5.79 Å². The third kappa shape index (κ3) is 2.16. The maximum atomic E-state index is 9.17. The molecule has 0 amide bonds. The largest absolute Gasteiger partial charge is 0.392 e. The average Bonchev–Trinajstić information content (AvgIpc) is 2.61. The highest BCUT2D eigenvalue weighted by Crippen LogP contribution is 2.34. The third-order valence-electron chi connectivity index (χ3n) is 2.96. The van der Waals surface area contributed by atoms with E-state index in [9.17, 15) is 5.11 Å². The Hall–Kier alpha value is -0.380. The summed E-state index contributed by atoms with van der Waals surface area (Å²) in [5.41, 5.74) is 1.06. The van der Waals surface area contributed by atoms with Gasteiger partial charge in [-0.3, -0.25) is 0 Å². The lowest BCUT2D eigenvalue weighted by Crippen LogP contribution is -2.31. The highest BCUT2D eigenvalue weighted by atomic mass is 16.7. The Morgan fingerprint density at radius 3 is 2.79 bits per heavy atom. The summed E-state index contributed by atoms with van der Waals surface area (Å²) in [5.74, 6) is -0.408. The summed E-state index contributed by atoms with van der Waals surface area (Å²) in [6.45, 7) is 1.52. The Labute approximate surface area is 84.7 Å². The van der Waals surface area contributed by atoms with Gasteiger partial charge in [0.25, 0.3) is 0 Å². The van der Waals surface area contributed by atoms with Crippen LogP contribution >= 0.6 is 0 Å². The zero-order chi connectivity index (χ0) is 9.86. The highest BCUT2D eigenvalue weighted by molar-refractivity contribution is 5.07. The number of aliphatic hydroxyl groups is 1. The lowest BCUT2D eigenvalue weighted by molar-refractivity contribution is -0.163. The molecule has 0 aromatic rings. The van der Waals surface area contributed by atoms with Crippen LogP contribution in [0.5, 0.6) is 0 Å². The van der Waals surface area contributed by atoms with Gasteiger partial charge in [-0.05, 0) is 24.8 Å². The number of ether oxygens (including phenoxy) is 2. The summed E-state index contributed by atoms with van der Waals surface area (Å²) in [6.07, 6.45) is 7.22. The topological polar surface area (TPSA) is 38.7 Å². The molecule has 0 unspecified atom stereocenters. The second-order valence-corrected chi connectivity index (χ2v) is 4.05. The van der Waals surface area contributed by atoms with E-state index in [-0.39, 0.29) is 6.61 Å².